The molecular weight excluding hydrogens is 222 g/mol. The van der Waals surface area contributed by atoms with E-state index in [2.05, 4.69) is 42.6 Å². The molecule has 1 aliphatic rings. The van der Waals surface area contributed by atoms with Gasteiger partial charge in [-0.1, -0.05) is 43.7 Å². The van der Waals surface area contributed by atoms with Crippen LogP contribution >= 0.6 is 0 Å². The molecule has 1 aliphatic carbocycles. The van der Waals surface area contributed by atoms with Crippen molar-refractivity contribution < 1.29 is 5.11 Å². The molecule has 1 saturated carbocycles. The minimum atomic E-state index is -0.0573. The number of aliphatic hydroxyl groups excluding tert-OH is 1. The number of nitrogens with one attached hydrogen (secondary N) is 1. The minimum absolute atomic E-state index is 0.0573. The zero-order chi connectivity index (χ0) is 12.8. The summed E-state index contributed by atoms with van der Waals surface area (Å²) in [5.41, 5.74) is 1.39. The van der Waals surface area contributed by atoms with E-state index in [-0.39, 0.29) is 6.10 Å². The Balaban J connectivity index is 1.87. The summed E-state index contributed by atoms with van der Waals surface area (Å²) >= 11 is 0. The van der Waals surface area contributed by atoms with Gasteiger partial charge in [-0.15, -0.1) is 0 Å². The van der Waals surface area contributed by atoms with Crippen LogP contribution in [0.5, 0.6) is 0 Å². The normalized spacial score (nSPS) is 25.2. The molecule has 0 radical (unpaired) electrons. The van der Waals surface area contributed by atoms with Gasteiger partial charge < -0.3 is 10.4 Å². The number of aliphatic hydroxyl groups is 1. The Kier molecular flexibility index (Phi) is 5.21. The largest absolute Gasteiger partial charge is 0.393 e. The van der Waals surface area contributed by atoms with Gasteiger partial charge in [0.15, 0.2) is 0 Å². The second-order valence-electron chi connectivity index (χ2n) is 5.49. The van der Waals surface area contributed by atoms with Crippen LogP contribution in [0.2, 0.25) is 0 Å². The molecule has 0 aromatic heterocycles. The SMILES string of the molecule is CCCC(NCC1CCC(O)C1)c1ccccc1. The smallest absolute Gasteiger partial charge is 0.0543 e. The molecule has 1 aromatic carbocycles. The van der Waals surface area contributed by atoms with Crippen molar-refractivity contribution in [3.8, 4) is 0 Å². The van der Waals surface area contributed by atoms with Crippen molar-refractivity contribution in [3.05, 3.63) is 35.9 Å². The first-order valence-electron chi connectivity index (χ1n) is 7.26. The van der Waals surface area contributed by atoms with Crippen LogP contribution in [0.25, 0.3) is 0 Å². The molecule has 0 bridgehead atoms. The molecular formula is C16H25NO. The fraction of sp³-hybridized carbons (Fsp3) is 0.625. The van der Waals surface area contributed by atoms with Gasteiger partial charge in [0.05, 0.1) is 6.10 Å². The zero-order valence-electron chi connectivity index (χ0n) is 11.3. The van der Waals surface area contributed by atoms with Crippen LogP contribution < -0.4 is 5.32 Å². The van der Waals surface area contributed by atoms with Crippen LogP contribution in [0, 0.1) is 5.92 Å². The van der Waals surface area contributed by atoms with Crippen molar-refractivity contribution in [3.63, 3.8) is 0 Å². The fourth-order valence-corrected chi connectivity index (χ4v) is 2.90. The third kappa shape index (κ3) is 3.82. The number of hydrogen-bond acceptors (Lipinski definition) is 2. The van der Waals surface area contributed by atoms with Crippen LogP contribution in [0.15, 0.2) is 30.3 Å². The van der Waals surface area contributed by atoms with Gasteiger partial charge >= 0.3 is 0 Å². The Morgan fingerprint density at radius 1 is 1.28 bits per heavy atom. The Labute approximate surface area is 110 Å². The lowest BCUT2D eigenvalue weighted by Gasteiger charge is -2.21. The first-order chi connectivity index (χ1) is 8.79. The lowest BCUT2D eigenvalue weighted by molar-refractivity contribution is 0.177. The van der Waals surface area contributed by atoms with E-state index in [4.69, 9.17) is 0 Å². The van der Waals surface area contributed by atoms with E-state index in [0.29, 0.717) is 12.0 Å². The molecule has 100 valence electrons. The Hall–Kier alpha value is -0.860. The molecule has 18 heavy (non-hydrogen) atoms. The summed E-state index contributed by atoms with van der Waals surface area (Å²) in [6.45, 7) is 3.27. The van der Waals surface area contributed by atoms with Crippen LogP contribution in [-0.4, -0.2) is 17.8 Å². The zero-order valence-corrected chi connectivity index (χ0v) is 11.3. The van der Waals surface area contributed by atoms with Crippen LogP contribution in [0.3, 0.4) is 0 Å². The standard InChI is InChI=1S/C16H25NO/c1-2-6-16(14-7-4-3-5-8-14)17-12-13-9-10-15(18)11-13/h3-5,7-8,13,15-18H,2,6,9-12H2,1H3. The van der Waals surface area contributed by atoms with Gasteiger partial charge in [0.25, 0.3) is 0 Å². The second-order valence-corrected chi connectivity index (χ2v) is 5.49. The van der Waals surface area contributed by atoms with Crippen molar-refractivity contribution in [2.45, 2.75) is 51.2 Å². The molecule has 0 spiro atoms. The van der Waals surface area contributed by atoms with Gasteiger partial charge in [-0.05, 0) is 43.7 Å². The van der Waals surface area contributed by atoms with Crippen molar-refractivity contribution in [2.75, 3.05) is 6.54 Å². The quantitative estimate of drug-likeness (QED) is 0.808. The van der Waals surface area contributed by atoms with Crippen LogP contribution in [-0.2, 0) is 0 Å². The van der Waals surface area contributed by atoms with E-state index in [1.54, 1.807) is 0 Å². The van der Waals surface area contributed by atoms with Gasteiger partial charge in [-0.25, -0.2) is 0 Å². The Morgan fingerprint density at radius 2 is 2.06 bits per heavy atom. The first kappa shape index (κ1) is 13.6. The highest BCUT2D eigenvalue weighted by Crippen LogP contribution is 2.26. The monoisotopic (exact) mass is 247 g/mol. The first-order valence-corrected chi connectivity index (χ1v) is 7.26. The summed E-state index contributed by atoms with van der Waals surface area (Å²) in [7, 11) is 0. The van der Waals surface area contributed by atoms with E-state index < -0.39 is 0 Å². The highest BCUT2D eigenvalue weighted by atomic mass is 16.3. The molecule has 1 fully saturated rings. The van der Waals surface area contributed by atoms with Gasteiger partial charge in [-0.3, -0.25) is 0 Å². The van der Waals surface area contributed by atoms with E-state index in [1.807, 2.05) is 0 Å². The predicted molar refractivity (Wildman–Crippen MR) is 75.4 cm³/mol. The van der Waals surface area contributed by atoms with E-state index in [0.717, 1.165) is 19.4 Å². The average Bonchev–Trinajstić information content (AvgIpc) is 2.81. The van der Waals surface area contributed by atoms with E-state index >= 15 is 0 Å². The van der Waals surface area contributed by atoms with Gasteiger partial charge in [0.2, 0.25) is 0 Å². The number of benzene rings is 1. The summed E-state index contributed by atoms with van der Waals surface area (Å²) in [5, 5.41) is 13.2. The van der Waals surface area contributed by atoms with Crippen molar-refractivity contribution >= 4 is 0 Å². The fourth-order valence-electron chi connectivity index (χ4n) is 2.90. The Bertz CT molecular complexity index is 338. The molecule has 3 unspecified atom stereocenters. The average molecular weight is 247 g/mol. The number of rotatable bonds is 6. The summed E-state index contributed by atoms with van der Waals surface area (Å²) in [4.78, 5) is 0. The summed E-state index contributed by atoms with van der Waals surface area (Å²) in [6, 6.07) is 11.2. The van der Waals surface area contributed by atoms with E-state index in [1.165, 1.54) is 24.8 Å². The third-order valence-electron chi connectivity index (χ3n) is 3.95. The summed E-state index contributed by atoms with van der Waals surface area (Å²) in [6.07, 6.45) is 5.44. The molecule has 3 atom stereocenters. The van der Waals surface area contributed by atoms with Crippen LogP contribution in [0.4, 0.5) is 0 Å². The molecule has 2 rings (SSSR count). The molecule has 0 heterocycles. The minimum Gasteiger partial charge on any atom is -0.393 e. The maximum absolute atomic E-state index is 9.56. The molecule has 0 saturated heterocycles. The van der Waals surface area contributed by atoms with Gasteiger partial charge in [0.1, 0.15) is 0 Å². The van der Waals surface area contributed by atoms with Gasteiger partial charge in [0, 0.05) is 6.04 Å². The predicted octanol–water partition coefficient (Wildman–Crippen LogP) is 3.28. The molecule has 2 N–H and O–H groups in total. The maximum Gasteiger partial charge on any atom is 0.0543 e. The molecule has 1 aromatic rings. The number of hydrogen-bond donors (Lipinski definition) is 2. The molecule has 2 nitrogen and oxygen atoms in total. The van der Waals surface area contributed by atoms with Crippen molar-refractivity contribution in [2.24, 2.45) is 5.92 Å². The second kappa shape index (κ2) is 6.91. The van der Waals surface area contributed by atoms with Crippen molar-refractivity contribution in [1.29, 1.82) is 0 Å². The molecule has 2 heteroatoms. The topological polar surface area (TPSA) is 32.3 Å². The third-order valence-corrected chi connectivity index (χ3v) is 3.95. The highest BCUT2D eigenvalue weighted by Gasteiger charge is 2.23. The Morgan fingerprint density at radius 3 is 2.67 bits per heavy atom. The van der Waals surface area contributed by atoms with Gasteiger partial charge in [-0.2, -0.15) is 0 Å². The lowest BCUT2D eigenvalue weighted by Crippen LogP contribution is -2.26. The molecule has 0 aliphatic heterocycles. The summed E-state index contributed by atoms with van der Waals surface area (Å²) in [5.74, 6) is 0.656. The van der Waals surface area contributed by atoms with E-state index in [9.17, 15) is 5.11 Å². The molecule has 0 amide bonds. The summed E-state index contributed by atoms with van der Waals surface area (Å²) < 4.78 is 0. The highest BCUT2D eigenvalue weighted by molar-refractivity contribution is 5.18. The maximum atomic E-state index is 9.56. The lowest BCUT2D eigenvalue weighted by atomic mass is 10.0. The van der Waals surface area contributed by atoms with Crippen LogP contribution in [0.1, 0.15) is 50.6 Å². The van der Waals surface area contributed by atoms with Crippen molar-refractivity contribution in [1.82, 2.24) is 5.32 Å².